The molecule has 2 N–H and O–H groups in total. The predicted octanol–water partition coefficient (Wildman–Crippen LogP) is 5.53. The molecular formula is C26H22ClF3N6O2. The summed E-state index contributed by atoms with van der Waals surface area (Å²) >= 11 is 5.98. The van der Waals surface area contributed by atoms with Gasteiger partial charge in [0.25, 0.3) is 0 Å². The molecular weight excluding hydrogens is 521 g/mol. The predicted molar refractivity (Wildman–Crippen MR) is 136 cm³/mol. The highest BCUT2D eigenvalue weighted by Crippen LogP contribution is 2.50. The fraction of sp³-hybridized carbons (Fsp3) is 0.231. The monoisotopic (exact) mass is 545 g/mol. The number of methoxy groups -OCH3 is 1. The van der Waals surface area contributed by atoms with Crippen molar-refractivity contribution in [2.24, 2.45) is 0 Å². The SMILES string of the molecule is [2H]C([2H])([2H])Nc1nc(NC(=O)C(F)(F)F)nc2c1C(c1ccc(-n3cnc(Cl)c3)c(OC)c1)CC2c1ccccc1. The van der Waals surface area contributed by atoms with Crippen LogP contribution in [0.1, 0.15) is 44.8 Å². The summed E-state index contributed by atoms with van der Waals surface area (Å²) in [6, 6.07) is 14.5. The van der Waals surface area contributed by atoms with Crippen molar-refractivity contribution in [1.29, 1.82) is 0 Å². The molecule has 1 amide bonds. The first-order chi connectivity index (χ1) is 19.3. The Labute approximate surface area is 225 Å². The van der Waals surface area contributed by atoms with Gasteiger partial charge >= 0.3 is 12.1 Å². The minimum absolute atomic E-state index is 0.208. The number of imidazole rings is 1. The van der Waals surface area contributed by atoms with E-state index in [9.17, 15) is 18.0 Å². The van der Waals surface area contributed by atoms with E-state index in [1.807, 2.05) is 36.4 Å². The molecule has 2 unspecified atom stereocenters. The highest BCUT2D eigenvalue weighted by atomic mass is 35.5. The number of carbonyl (C=O) groups is 1. The quantitative estimate of drug-likeness (QED) is 0.331. The molecule has 5 rings (SSSR count). The molecule has 196 valence electrons. The van der Waals surface area contributed by atoms with Gasteiger partial charge in [0.15, 0.2) is 0 Å². The van der Waals surface area contributed by atoms with E-state index in [1.165, 1.54) is 13.4 Å². The largest absolute Gasteiger partial charge is 0.495 e. The van der Waals surface area contributed by atoms with Crippen LogP contribution in [0.2, 0.25) is 5.15 Å². The van der Waals surface area contributed by atoms with Crippen molar-refractivity contribution in [3.8, 4) is 11.4 Å². The van der Waals surface area contributed by atoms with Crippen LogP contribution in [-0.2, 0) is 4.79 Å². The number of hydrogen-bond donors (Lipinski definition) is 2. The second-order valence-corrected chi connectivity index (χ2v) is 8.95. The molecule has 0 bridgehead atoms. The number of rotatable bonds is 6. The van der Waals surface area contributed by atoms with Gasteiger partial charge in [-0.3, -0.25) is 10.1 Å². The van der Waals surface area contributed by atoms with Crippen molar-refractivity contribution in [2.75, 3.05) is 24.7 Å². The van der Waals surface area contributed by atoms with Crippen LogP contribution in [0.3, 0.4) is 0 Å². The van der Waals surface area contributed by atoms with E-state index in [1.54, 1.807) is 28.2 Å². The van der Waals surface area contributed by atoms with Crippen molar-refractivity contribution < 1.29 is 26.8 Å². The third-order valence-corrected chi connectivity index (χ3v) is 6.56. The van der Waals surface area contributed by atoms with Crippen molar-refractivity contribution in [2.45, 2.75) is 24.4 Å². The summed E-state index contributed by atoms with van der Waals surface area (Å²) in [5.74, 6) is -3.60. The Bertz CT molecular complexity index is 1600. The maximum Gasteiger partial charge on any atom is 0.471 e. The van der Waals surface area contributed by atoms with Crippen molar-refractivity contribution in [3.63, 3.8) is 0 Å². The topological polar surface area (TPSA) is 94.0 Å². The van der Waals surface area contributed by atoms with Crippen LogP contribution in [0.5, 0.6) is 5.75 Å². The van der Waals surface area contributed by atoms with Gasteiger partial charge in [0.05, 0.1) is 18.5 Å². The van der Waals surface area contributed by atoms with Crippen LogP contribution in [0.25, 0.3) is 5.69 Å². The molecule has 1 aliphatic rings. The molecule has 38 heavy (non-hydrogen) atoms. The van der Waals surface area contributed by atoms with Crippen molar-refractivity contribution in [1.82, 2.24) is 19.5 Å². The number of nitrogens with zero attached hydrogens (tertiary/aromatic N) is 4. The Balaban J connectivity index is 1.67. The second-order valence-electron chi connectivity index (χ2n) is 8.56. The molecule has 0 radical (unpaired) electrons. The third kappa shape index (κ3) is 4.76. The first-order valence-electron chi connectivity index (χ1n) is 12.8. The summed E-state index contributed by atoms with van der Waals surface area (Å²) in [6.07, 6.45) is -1.67. The zero-order valence-electron chi connectivity index (χ0n) is 22.8. The summed E-state index contributed by atoms with van der Waals surface area (Å²) in [5, 5.41) is 4.28. The number of alkyl halides is 3. The van der Waals surface area contributed by atoms with Gasteiger partial charge < -0.3 is 14.6 Å². The number of aromatic nitrogens is 4. The fourth-order valence-corrected chi connectivity index (χ4v) is 4.87. The highest BCUT2D eigenvalue weighted by Gasteiger charge is 2.41. The molecule has 0 spiro atoms. The molecule has 2 aromatic heterocycles. The number of carbonyl (C=O) groups excluding carboxylic acids is 1. The van der Waals surface area contributed by atoms with E-state index >= 15 is 0 Å². The Morgan fingerprint density at radius 1 is 1.16 bits per heavy atom. The lowest BCUT2D eigenvalue weighted by Crippen LogP contribution is -2.31. The summed E-state index contributed by atoms with van der Waals surface area (Å²) in [6.45, 7) is -2.74. The Morgan fingerprint density at radius 3 is 2.61 bits per heavy atom. The molecule has 0 fully saturated rings. The Hall–Kier alpha value is -4.12. The molecule has 1 aliphatic carbocycles. The van der Waals surface area contributed by atoms with Crippen molar-refractivity contribution >= 4 is 29.3 Å². The van der Waals surface area contributed by atoms with Crippen LogP contribution in [0, 0.1) is 0 Å². The molecule has 0 aliphatic heterocycles. The molecule has 0 saturated carbocycles. The number of amides is 1. The second kappa shape index (κ2) is 9.97. The maximum atomic E-state index is 13.0. The van der Waals surface area contributed by atoms with Crippen LogP contribution in [-0.4, -0.2) is 45.7 Å². The van der Waals surface area contributed by atoms with E-state index in [4.69, 9.17) is 20.5 Å². The number of nitrogens with one attached hydrogen (secondary N) is 2. The number of fused-ring (bicyclic) bond motifs is 1. The first-order valence-corrected chi connectivity index (χ1v) is 11.7. The minimum Gasteiger partial charge on any atom is -0.495 e. The first kappa shape index (κ1) is 21.9. The highest BCUT2D eigenvalue weighted by molar-refractivity contribution is 6.29. The fourth-order valence-electron chi connectivity index (χ4n) is 4.72. The zero-order valence-corrected chi connectivity index (χ0v) is 20.5. The van der Waals surface area contributed by atoms with Crippen LogP contribution in [0.15, 0.2) is 61.1 Å². The van der Waals surface area contributed by atoms with Gasteiger partial charge in [-0.2, -0.15) is 18.2 Å². The lowest BCUT2D eigenvalue weighted by molar-refractivity contribution is -0.167. The Morgan fingerprint density at radius 2 is 1.95 bits per heavy atom. The third-order valence-electron chi connectivity index (χ3n) is 6.36. The van der Waals surface area contributed by atoms with Gasteiger partial charge in [0.2, 0.25) is 5.95 Å². The van der Waals surface area contributed by atoms with Crippen LogP contribution in [0.4, 0.5) is 24.9 Å². The van der Waals surface area contributed by atoms with E-state index in [2.05, 4.69) is 20.3 Å². The summed E-state index contributed by atoms with van der Waals surface area (Å²) in [4.78, 5) is 24.1. The molecule has 2 atom stereocenters. The number of hydrogen-bond acceptors (Lipinski definition) is 6. The lowest BCUT2D eigenvalue weighted by atomic mass is 9.90. The van der Waals surface area contributed by atoms with Gasteiger partial charge in [0, 0.05) is 34.7 Å². The van der Waals surface area contributed by atoms with E-state index in [0.717, 1.165) is 11.1 Å². The summed E-state index contributed by atoms with van der Waals surface area (Å²) < 4.78 is 69.7. The lowest BCUT2D eigenvalue weighted by Gasteiger charge is -2.18. The molecule has 12 heteroatoms. The number of halogens is 4. The van der Waals surface area contributed by atoms with E-state index in [0.29, 0.717) is 29.1 Å². The summed E-state index contributed by atoms with van der Waals surface area (Å²) in [7, 11) is 1.50. The average Bonchev–Trinajstić information content (AvgIpc) is 3.51. The van der Waals surface area contributed by atoms with Gasteiger partial charge in [-0.05, 0) is 29.7 Å². The zero-order chi connectivity index (χ0) is 29.5. The Kier molecular flexibility index (Phi) is 5.75. The molecule has 8 nitrogen and oxygen atoms in total. The molecule has 4 aromatic rings. The number of benzene rings is 2. The van der Waals surface area contributed by atoms with Gasteiger partial charge in [-0.25, -0.2) is 9.97 Å². The standard InChI is InChI=1S/C26H22ClF3N6O2/c1-31-23-21-16(15-8-9-18(19(10-15)38-2)36-12-20(27)32-13-36)11-17(14-6-4-3-5-7-14)22(21)33-25(34-23)35-24(37)26(28,29)30/h3-10,12-13,16-17H,11H2,1-2H3,(H2,31,33,34,35,37)/i1D3. The molecule has 0 saturated heterocycles. The van der Waals surface area contributed by atoms with Crippen LogP contribution >= 0.6 is 11.6 Å². The van der Waals surface area contributed by atoms with Gasteiger partial charge in [-0.1, -0.05) is 48.0 Å². The van der Waals surface area contributed by atoms with Gasteiger partial charge in [0.1, 0.15) is 23.0 Å². The van der Waals surface area contributed by atoms with Crippen molar-refractivity contribution in [3.05, 3.63) is 88.6 Å². The number of anilines is 2. The average molecular weight is 546 g/mol. The van der Waals surface area contributed by atoms with E-state index < -0.39 is 36.8 Å². The molecule has 2 aromatic carbocycles. The smallest absolute Gasteiger partial charge is 0.471 e. The molecule has 2 heterocycles. The van der Waals surface area contributed by atoms with E-state index in [-0.39, 0.29) is 11.0 Å². The minimum atomic E-state index is -5.20. The van der Waals surface area contributed by atoms with Gasteiger partial charge in [-0.15, -0.1) is 0 Å². The summed E-state index contributed by atoms with van der Waals surface area (Å²) in [5.41, 5.74) is 2.86. The maximum absolute atomic E-state index is 13.0. The van der Waals surface area contributed by atoms with Crippen LogP contribution < -0.4 is 15.4 Å². The normalized spacial score (nSPS) is 18.2. The number of ether oxygens (including phenoxy) is 1.